The Bertz CT molecular complexity index is 824. The van der Waals surface area contributed by atoms with Gasteiger partial charge in [0.2, 0.25) is 5.91 Å². The van der Waals surface area contributed by atoms with Crippen LogP contribution in [0, 0.1) is 5.92 Å². The van der Waals surface area contributed by atoms with E-state index in [1.165, 1.54) is 10.7 Å². The third kappa shape index (κ3) is 5.09. The molecule has 1 N–H and O–H groups in total. The van der Waals surface area contributed by atoms with E-state index in [1.54, 1.807) is 13.2 Å². The number of nitrogens with zero attached hydrogens (tertiary/aromatic N) is 3. The number of anilines is 1. The summed E-state index contributed by atoms with van der Waals surface area (Å²) in [7, 11) is 1.61. The first-order valence-electron chi connectivity index (χ1n) is 9.28. The Kier molecular flexibility index (Phi) is 6.11. The Labute approximate surface area is 158 Å². The van der Waals surface area contributed by atoms with Crippen LogP contribution in [0.1, 0.15) is 25.3 Å². The number of carbonyl (C=O) groups excluding carboxylic acids is 1. The summed E-state index contributed by atoms with van der Waals surface area (Å²) in [5.41, 5.74) is 0.685. The molecule has 0 unspecified atom stereocenters. The molecule has 27 heavy (non-hydrogen) atoms. The molecule has 3 rings (SSSR count). The molecule has 0 radical (unpaired) electrons. The van der Waals surface area contributed by atoms with Crippen molar-refractivity contribution in [2.75, 3.05) is 25.1 Å². The highest BCUT2D eigenvalue weighted by atomic mass is 16.5. The second-order valence-corrected chi connectivity index (χ2v) is 6.98. The Morgan fingerprint density at radius 1 is 1.19 bits per heavy atom. The molecule has 7 heteroatoms. The van der Waals surface area contributed by atoms with Crippen LogP contribution in [-0.4, -0.2) is 35.9 Å². The molecule has 1 aliphatic heterocycles. The zero-order valence-corrected chi connectivity index (χ0v) is 15.9. The molecule has 1 fully saturated rings. The number of carbonyl (C=O) groups is 1. The van der Waals surface area contributed by atoms with Gasteiger partial charge in [0, 0.05) is 25.7 Å². The number of rotatable bonds is 6. The number of hydrogen-bond donors (Lipinski definition) is 1. The van der Waals surface area contributed by atoms with Crippen molar-refractivity contribution in [3.63, 3.8) is 0 Å². The van der Waals surface area contributed by atoms with Crippen LogP contribution in [0.25, 0.3) is 0 Å². The van der Waals surface area contributed by atoms with Gasteiger partial charge >= 0.3 is 0 Å². The predicted octanol–water partition coefficient (Wildman–Crippen LogP) is 1.80. The van der Waals surface area contributed by atoms with Crippen molar-refractivity contribution in [2.24, 2.45) is 5.92 Å². The highest BCUT2D eigenvalue weighted by molar-refractivity contribution is 5.75. The Balaban J connectivity index is 1.59. The van der Waals surface area contributed by atoms with E-state index in [0.29, 0.717) is 6.54 Å². The summed E-state index contributed by atoms with van der Waals surface area (Å²) in [4.78, 5) is 26.5. The van der Waals surface area contributed by atoms with E-state index in [2.05, 4.69) is 22.2 Å². The van der Waals surface area contributed by atoms with Gasteiger partial charge < -0.3 is 15.0 Å². The van der Waals surface area contributed by atoms with Crippen molar-refractivity contribution >= 4 is 11.7 Å². The van der Waals surface area contributed by atoms with Crippen LogP contribution in [0.4, 0.5) is 5.82 Å². The molecule has 0 aliphatic carbocycles. The molecule has 0 atom stereocenters. The summed E-state index contributed by atoms with van der Waals surface area (Å²) < 4.78 is 6.35. The minimum absolute atomic E-state index is 0.0902. The fraction of sp³-hybridized carbons (Fsp3) is 0.450. The molecule has 1 aromatic carbocycles. The van der Waals surface area contributed by atoms with Crippen LogP contribution in [0.5, 0.6) is 5.75 Å². The summed E-state index contributed by atoms with van der Waals surface area (Å²) in [6.07, 6.45) is 2.23. The van der Waals surface area contributed by atoms with Gasteiger partial charge in [-0.3, -0.25) is 9.59 Å². The second-order valence-electron chi connectivity index (χ2n) is 6.98. The second kappa shape index (κ2) is 8.70. The molecule has 2 heterocycles. The van der Waals surface area contributed by atoms with E-state index in [0.717, 1.165) is 49.0 Å². The fourth-order valence-corrected chi connectivity index (χ4v) is 3.09. The summed E-state index contributed by atoms with van der Waals surface area (Å²) in [5, 5.41) is 7.22. The van der Waals surface area contributed by atoms with E-state index in [-0.39, 0.29) is 18.0 Å². The van der Waals surface area contributed by atoms with Crippen LogP contribution < -0.4 is 20.5 Å². The van der Waals surface area contributed by atoms with Crippen molar-refractivity contribution in [3.05, 3.63) is 52.3 Å². The molecule has 0 saturated carbocycles. The molecule has 1 aliphatic rings. The number of benzene rings is 1. The number of ether oxygens (including phenoxy) is 1. The van der Waals surface area contributed by atoms with Crippen molar-refractivity contribution < 1.29 is 9.53 Å². The maximum atomic E-state index is 12.2. The van der Waals surface area contributed by atoms with Gasteiger partial charge in [-0.25, -0.2) is 4.68 Å². The largest absolute Gasteiger partial charge is 0.497 e. The van der Waals surface area contributed by atoms with E-state index < -0.39 is 0 Å². The van der Waals surface area contributed by atoms with Crippen molar-refractivity contribution in [3.8, 4) is 5.75 Å². The molecule has 7 nitrogen and oxygen atoms in total. The van der Waals surface area contributed by atoms with Gasteiger partial charge in [-0.05, 0) is 42.5 Å². The van der Waals surface area contributed by atoms with Gasteiger partial charge in [0.25, 0.3) is 5.56 Å². The third-order valence-corrected chi connectivity index (χ3v) is 4.90. The average molecular weight is 370 g/mol. The fourth-order valence-electron chi connectivity index (χ4n) is 3.09. The zero-order chi connectivity index (χ0) is 19.2. The maximum absolute atomic E-state index is 12.2. The number of amides is 1. The molecular formula is C20H26N4O3. The van der Waals surface area contributed by atoms with E-state index >= 15 is 0 Å². The van der Waals surface area contributed by atoms with Gasteiger partial charge in [0.1, 0.15) is 18.1 Å². The standard InChI is InChI=1S/C20H26N4O3/c1-15-9-11-23(12-10-15)18-7-8-20(26)24(22-18)14-19(25)21-13-16-3-5-17(27-2)6-4-16/h3-8,15H,9-14H2,1-2H3,(H,21,25). The van der Waals surface area contributed by atoms with Crippen molar-refractivity contribution in [1.29, 1.82) is 0 Å². The molecule has 2 aromatic rings. The van der Waals surface area contributed by atoms with E-state index in [9.17, 15) is 9.59 Å². The number of methoxy groups -OCH3 is 1. The SMILES string of the molecule is COc1ccc(CNC(=O)Cn2nc(N3CCC(C)CC3)ccc2=O)cc1. The molecule has 144 valence electrons. The molecular weight excluding hydrogens is 344 g/mol. The highest BCUT2D eigenvalue weighted by Crippen LogP contribution is 2.20. The van der Waals surface area contributed by atoms with E-state index in [1.807, 2.05) is 24.3 Å². The van der Waals surface area contributed by atoms with Crippen LogP contribution in [0.15, 0.2) is 41.2 Å². The quantitative estimate of drug-likeness (QED) is 0.839. The number of hydrogen-bond acceptors (Lipinski definition) is 5. The van der Waals surface area contributed by atoms with Crippen LogP contribution in [-0.2, 0) is 17.9 Å². The lowest BCUT2D eigenvalue weighted by Crippen LogP contribution is -2.37. The summed E-state index contributed by atoms with van der Waals surface area (Å²) in [5.74, 6) is 2.00. The summed E-state index contributed by atoms with van der Waals surface area (Å²) in [6.45, 7) is 4.40. The topological polar surface area (TPSA) is 76.5 Å². The number of piperidine rings is 1. The lowest BCUT2D eigenvalue weighted by molar-refractivity contribution is -0.122. The number of nitrogens with one attached hydrogen (secondary N) is 1. The first-order chi connectivity index (χ1) is 13.0. The average Bonchev–Trinajstić information content (AvgIpc) is 2.69. The normalized spacial score (nSPS) is 14.8. The highest BCUT2D eigenvalue weighted by Gasteiger charge is 2.18. The minimum Gasteiger partial charge on any atom is -0.497 e. The van der Waals surface area contributed by atoms with Crippen molar-refractivity contribution in [2.45, 2.75) is 32.9 Å². The maximum Gasteiger partial charge on any atom is 0.267 e. The molecule has 1 amide bonds. The minimum atomic E-state index is -0.274. The van der Waals surface area contributed by atoms with Crippen LogP contribution in [0.3, 0.4) is 0 Å². The molecule has 0 spiro atoms. The van der Waals surface area contributed by atoms with Gasteiger partial charge in [-0.1, -0.05) is 19.1 Å². The third-order valence-electron chi connectivity index (χ3n) is 4.90. The predicted molar refractivity (Wildman–Crippen MR) is 104 cm³/mol. The molecule has 1 saturated heterocycles. The first kappa shape index (κ1) is 18.9. The smallest absolute Gasteiger partial charge is 0.267 e. The first-order valence-corrected chi connectivity index (χ1v) is 9.28. The lowest BCUT2D eigenvalue weighted by Gasteiger charge is -2.31. The Morgan fingerprint density at radius 2 is 1.89 bits per heavy atom. The van der Waals surface area contributed by atoms with Gasteiger partial charge in [-0.2, -0.15) is 5.10 Å². The van der Waals surface area contributed by atoms with Gasteiger partial charge in [0.15, 0.2) is 0 Å². The Hall–Kier alpha value is -2.83. The number of aromatic nitrogens is 2. The van der Waals surface area contributed by atoms with Gasteiger partial charge in [0.05, 0.1) is 7.11 Å². The molecule has 0 bridgehead atoms. The van der Waals surface area contributed by atoms with Crippen molar-refractivity contribution in [1.82, 2.24) is 15.1 Å². The van der Waals surface area contributed by atoms with Crippen LogP contribution in [0.2, 0.25) is 0 Å². The summed E-state index contributed by atoms with van der Waals surface area (Å²) in [6, 6.07) is 10.7. The summed E-state index contributed by atoms with van der Waals surface area (Å²) >= 11 is 0. The van der Waals surface area contributed by atoms with Crippen LogP contribution >= 0.6 is 0 Å². The lowest BCUT2D eigenvalue weighted by atomic mass is 9.99. The zero-order valence-electron chi connectivity index (χ0n) is 15.9. The van der Waals surface area contributed by atoms with Gasteiger partial charge in [-0.15, -0.1) is 0 Å². The molecule has 1 aromatic heterocycles. The Morgan fingerprint density at radius 3 is 2.56 bits per heavy atom. The van der Waals surface area contributed by atoms with E-state index in [4.69, 9.17) is 4.74 Å². The monoisotopic (exact) mass is 370 g/mol.